The molecule has 2 heterocycles. The third kappa shape index (κ3) is 7.63. The smallest absolute Gasteiger partial charge is 0.246 e. The molecule has 2 rings (SSSR count). The van der Waals surface area contributed by atoms with E-state index in [9.17, 15) is 34.8 Å². The zero-order valence-corrected chi connectivity index (χ0v) is 21.4. The van der Waals surface area contributed by atoms with E-state index in [4.69, 9.17) is 28.4 Å². The first-order chi connectivity index (χ1) is 17.5. The van der Waals surface area contributed by atoms with Gasteiger partial charge in [0.15, 0.2) is 18.4 Å². The van der Waals surface area contributed by atoms with Crippen molar-refractivity contribution in [1.82, 2.24) is 10.6 Å². The molecular weight excluding hydrogens is 500 g/mol. The molecule has 2 saturated heterocycles. The molecule has 11 atom stereocenters. The van der Waals surface area contributed by atoms with Gasteiger partial charge in [0, 0.05) is 21.1 Å². The summed E-state index contributed by atoms with van der Waals surface area (Å²) < 4.78 is 34.2. The lowest BCUT2D eigenvalue weighted by Crippen LogP contribution is -2.70. The average molecular weight is 539 g/mol. The van der Waals surface area contributed by atoms with Gasteiger partial charge in [-0.1, -0.05) is 0 Å². The van der Waals surface area contributed by atoms with Gasteiger partial charge in [0.05, 0.1) is 13.2 Å². The molecule has 11 unspecified atom stereocenters. The van der Waals surface area contributed by atoms with Crippen molar-refractivity contribution in [1.29, 1.82) is 0 Å². The predicted octanol–water partition coefficient (Wildman–Crippen LogP) is -3.83. The number of amides is 2. The fourth-order valence-corrected chi connectivity index (χ4v) is 4.31. The van der Waals surface area contributed by atoms with E-state index in [1.165, 1.54) is 35.0 Å². The zero-order chi connectivity index (χ0) is 27.9. The zero-order valence-electron chi connectivity index (χ0n) is 21.4. The van der Waals surface area contributed by atoms with Gasteiger partial charge < -0.3 is 59.5 Å². The number of ether oxygens (including phenoxy) is 6. The molecule has 2 aliphatic rings. The summed E-state index contributed by atoms with van der Waals surface area (Å²) >= 11 is 0. The minimum absolute atomic E-state index is 0.351. The predicted molar refractivity (Wildman–Crippen MR) is 122 cm³/mol. The summed E-state index contributed by atoms with van der Waals surface area (Å²) in [5.74, 6) is -1.68. The maximum absolute atomic E-state index is 12.1. The molecule has 15 nitrogen and oxygen atoms in total. The summed E-state index contributed by atoms with van der Waals surface area (Å²) in [5.41, 5.74) is 0. The van der Waals surface area contributed by atoms with E-state index >= 15 is 0 Å². The van der Waals surface area contributed by atoms with Crippen LogP contribution in [0.4, 0.5) is 0 Å². The Bertz CT molecular complexity index is 771. The number of Topliss-reactive ketones (excluding diaryl/α,β-unsaturated/α-hetero) is 1. The first-order valence-electron chi connectivity index (χ1n) is 11.8. The molecule has 15 heteroatoms. The second-order valence-electron chi connectivity index (χ2n) is 8.81. The lowest BCUT2D eigenvalue weighted by molar-refractivity contribution is -0.336. The van der Waals surface area contributed by atoms with Crippen LogP contribution in [0.2, 0.25) is 0 Å². The lowest BCUT2D eigenvalue weighted by atomic mass is 9.94. The van der Waals surface area contributed by atoms with Crippen LogP contribution in [0.1, 0.15) is 20.8 Å². The van der Waals surface area contributed by atoms with Gasteiger partial charge in [0.2, 0.25) is 11.8 Å². The summed E-state index contributed by atoms with van der Waals surface area (Å²) in [6.45, 7) is 1.94. The van der Waals surface area contributed by atoms with Crippen molar-refractivity contribution in [2.45, 2.75) is 88.2 Å². The Morgan fingerprint density at radius 2 is 1.46 bits per heavy atom. The monoisotopic (exact) mass is 538 g/mol. The van der Waals surface area contributed by atoms with Crippen LogP contribution in [-0.4, -0.2) is 139 Å². The molecule has 2 fully saturated rings. The molecular formula is C22H38N2O13. The van der Waals surface area contributed by atoms with Crippen molar-refractivity contribution >= 4 is 17.6 Å². The molecule has 2 amide bonds. The van der Waals surface area contributed by atoms with Crippen molar-refractivity contribution in [3.63, 3.8) is 0 Å². The SMILES string of the molecule is COC1OC(CO)C(OC2OC(CO)C(OC)C(O)C2NC(C)=O)C(OC(C)C(C)=O)C1NC(=O)CO. The second kappa shape index (κ2) is 14.4. The first kappa shape index (κ1) is 31.4. The third-order valence-electron chi connectivity index (χ3n) is 6.25. The Morgan fingerprint density at radius 3 is 1.95 bits per heavy atom. The topological polar surface area (TPSA) is 212 Å². The number of hydrogen-bond acceptors (Lipinski definition) is 13. The molecule has 0 aromatic heterocycles. The van der Waals surface area contributed by atoms with Crippen LogP contribution in [0.3, 0.4) is 0 Å². The molecule has 6 N–H and O–H groups in total. The number of nitrogens with one attached hydrogen (secondary N) is 2. The van der Waals surface area contributed by atoms with Crippen molar-refractivity contribution in [3.05, 3.63) is 0 Å². The Morgan fingerprint density at radius 1 is 0.865 bits per heavy atom. The van der Waals surface area contributed by atoms with Crippen LogP contribution in [-0.2, 0) is 42.8 Å². The van der Waals surface area contributed by atoms with Gasteiger partial charge in [0.1, 0.15) is 61.4 Å². The first-order valence-corrected chi connectivity index (χ1v) is 11.8. The third-order valence-corrected chi connectivity index (χ3v) is 6.25. The quantitative estimate of drug-likeness (QED) is 0.141. The number of aliphatic hydroxyl groups is 4. The highest BCUT2D eigenvalue weighted by molar-refractivity contribution is 5.80. The molecule has 0 aromatic rings. The largest absolute Gasteiger partial charge is 0.394 e. The molecule has 0 spiro atoms. The van der Waals surface area contributed by atoms with Crippen molar-refractivity contribution < 1.29 is 63.2 Å². The molecule has 0 radical (unpaired) electrons. The maximum Gasteiger partial charge on any atom is 0.246 e. The summed E-state index contributed by atoms with van der Waals surface area (Å²) in [6, 6.07) is -2.33. The van der Waals surface area contributed by atoms with Gasteiger partial charge in [0.25, 0.3) is 0 Å². The van der Waals surface area contributed by atoms with Crippen LogP contribution in [0.5, 0.6) is 0 Å². The van der Waals surface area contributed by atoms with Gasteiger partial charge in [-0.2, -0.15) is 0 Å². The number of carbonyl (C=O) groups is 3. The summed E-state index contributed by atoms with van der Waals surface area (Å²) in [6.07, 6.45) is -10.7. The minimum atomic E-state index is -1.42. The number of methoxy groups -OCH3 is 2. The van der Waals surface area contributed by atoms with E-state index in [0.717, 1.165) is 0 Å². The highest BCUT2D eigenvalue weighted by Crippen LogP contribution is 2.32. The Hall–Kier alpha value is -1.79. The normalized spacial score (nSPS) is 37.0. The molecule has 0 aromatic carbocycles. The minimum Gasteiger partial charge on any atom is -0.394 e. The Labute approximate surface area is 214 Å². The standard InChI is InChI=1S/C22H38N2O13/c1-9(28)10(2)34-20-16(24-14(30)8-27)21(33-5)35-13(7-26)19(20)37-22-15(23-11(3)29)17(31)18(32-4)12(6-25)36-22/h10,12-13,15-22,25-27,31H,6-8H2,1-5H3,(H,23,29)(H,24,30). The van der Waals surface area contributed by atoms with Crippen molar-refractivity contribution in [2.75, 3.05) is 34.0 Å². The second-order valence-corrected chi connectivity index (χ2v) is 8.81. The highest BCUT2D eigenvalue weighted by Gasteiger charge is 2.53. The van der Waals surface area contributed by atoms with Crippen LogP contribution in [0.15, 0.2) is 0 Å². The number of rotatable bonds is 12. The van der Waals surface area contributed by atoms with Crippen LogP contribution < -0.4 is 10.6 Å². The number of aliphatic hydroxyl groups excluding tert-OH is 4. The van der Waals surface area contributed by atoms with Crippen molar-refractivity contribution in [2.24, 2.45) is 0 Å². The van der Waals surface area contributed by atoms with E-state index in [2.05, 4.69) is 10.6 Å². The van der Waals surface area contributed by atoms with E-state index < -0.39 is 99.0 Å². The summed E-state index contributed by atoms with van der Waals surface area (Å²) in [4.78, 5) is 36.0. The molecule has 214 valence electrons. The van der Waals surface area contributed by atoms with Crippen molar-refractivity contribution in [3.8, 4) is 0 Å². The molecule has 0 aliphatic carbocycles. The molecule has 37 heavy (non-hydrogen) atoms. The lowest BCUT2D eigenvalue weighted by Gasteiger charge is -2.49. The molecule has 0 saturated carbocycles. The Balaban J connectivity index is 2.50. The van der Waals surface area contributed by atoms with E-state index in [1.807, 2.05) is 0 Å². The number of ketones is 1. The van der Waals surface area contributed by atoms with Gasteiger partial charge in [-0.05, 0) is 13.8 Å². The summed E-state index contributed by atoms with van der Waals surface area (Å²) in [5, 5.41) is 45.1. The highest BCUT2D eigenvalue weighted by atomic mass is 16.7. The van der Waals surface area contributed by atoms with E-state index in [-0.39, 0.29) is 5.78 Å². The Kier molecular flexibility index (Phi) is 12.2. The maximum atomic E-state index is 12.1. The van der Waals surface area contributed by atoms with Crippen LogP contribution in [0, 0.1) is 0 Å². The number of hydrogen-bond donors (Lipinski definition) is 6. The molecule has 2 aliphatic heterocycles. The van der Waals surface area contributed by atoms with E-state index in [0.29, 0.717) is 0 Å². The fourth-order valence-electron chi connectivity index (χ4n) is 4.31. The number of carbonyl (C=O) groups excluding carboxylic acids is 3. The molecule has 0 bridgehead atoms. The van der Waals surface area contributed by atoms with Crippen LogP contribution >= 0.6 is 0 Å². The van der Waals surface area contributed by atoms with Gasteiger partial charge >= 0.3 is 0 Å². The fraction of sp³-hybridized carbons (Fsp3) is 0.864. The average Bonchev–Trinajstić information content (AvgIpc) is 2.86. The van der Waals surface area contributed by atoms with E-state index in [1.54, 1.807) is 0 Å². The van der Waals surface area contributed by atoms with Gasteiger partial charge in [-0.15, -0.1) is 0 Å². The van der Waals surface area contributed by atoms with Crippen LogP contribution in [0.25, 0.3) is 0 Å². The summed E-state index contributed by atoms with van der Waals surface area (Å²) in [7, 11) is 2.59. The van der Waals surface area contributed by atoms with Gasteiger partial charge in [-0.3, -0.25) is 14.4 Å². The van der Waals surface area contributed by atoms with Gasteiger partial charge in [-0.25, -0.2) is 0 Å².